The third-order valence-corrected chi connectivity index (χ3v) is 3.31. The van der Waals surface area contributed by atoms with Gasteiger partial charge < -0.3 is 4.90 Å². The first-order valence-electron chi connectivity index (χ1n) is 5.34. The van der Waals surface area contributed by atoms with Crippen molar-refractivity contribution >= 4 is 27.6 Å². The van der Waals surface area contributed by atoms with Crippen LogP contribution in [-0.4, -0.2) is 40.7 Å². The molecule has 7 heteroatoms. The molecule has 1 aliphatic heterocycles. The summed E-state index contributed by atoms with van der Waals surface area (Å²) in [6.07, 6.45) is -2.67. The van der Waals surface area contributed by atoms with Crippen molar-refractivity contribution in [2.75, 3.05) is 11.9 Å². The third-order valence-electron chi connectivity index (χ3n) is 2.76. The van der Waals surface area contributed by atoms with Gasteiger partial charge in [0.1, 0.15) is 0 Å². The number of hydrogen-bond donors (Lipinski definition) is 0. The van der Waals surface area contributed by atoms with Gasteiger partial charge in [-0.15, -0.1) is 0 Å². The standard InChI is InChI=1S/C10H13BrF3NO2/c11-6-8(16)7-4-2-1-3-5-15(7)9(17)10(12,13)14/h7H,1-6H2. The first-order chi connectivity index (χ1) is 7.88. The van der Waals surface area contributed by atoms with E-state index in [1.807, 2.05) is 0 Å². The zero-order valence-electron chi connectivity index (χ0n) is 9.10. The lowest BCUT2D eigenvalue weighted by atomic mass is 10.1. The van der Waals surface area contributed by atoms with E-state index < -0.39 is 18.1 Å². The average Bonchev–Trinajstić information content (AvgIpc) is 2.50. The van der Waals surface area contributed by atoms with Gasteiger partial charge in [0.05, 0.1) is 11.4 Å². The molecule has 0 radical (unpaired) electrons. The molecule has 1 aliphatic rings. The molecular weight excluding hydrogens is 303 g/mol. The van der Waals surface area contributed by atoms with Gasteiger partial charge in [0.25, 0.3) is 0 Å². The van der Waals surface area contributed by atoms with Gasteiger partial charge in [0, 0.05) is 6.54 Å². The van der Waals surface area contributed by atoms with Crippen molar-refractivity contribution in [3.8, 4) is 0 Å². The number of rotatable bonds is 2. The monoisotopic (exact) mass is 315 g/mol. The summed E-state index contributed by atoms with van der Waals surface area (Å²) in [5.41, 5.74) is 0. The minimum absolute atomic E-state index is 0.00174. The SMILES string of the molecule is O=C(CBr)C1CCCCCN1C(=O)C(F)(F)F. The number of carbonyl (C=O) groups excluding carboxylic acids is 2. The Bertz CT molecular complexity index is 306. The quantitative estimate of drug-likeness (QED) is 0.733. The van der Waals surface area contributed by atoms with E-state index in [9.17, 15) is 22.8 Å². The van der Waals surface area contributed by atoms with Gasteiger partial charge >= 0.3 is 12.1 Å². The van der Waals surface area contributed by atoms with Crippen molar-refractivity contribution in [1.29, 1.82) is 0 Å². The van der Waals surface area contributed by atoms with Crippen molar-refractivity contribution in [2.45, 2.75) is 37.9 Å². The van der Waals surface area contributed by atoms with Gasteiger partial charge in [0.2, 0.25) is 0 Å². The van der Waals surface area contributed by atoms with E-state index in [4.69, 9.17) is 0 Å². The maximum atomic E-state index is 12.4. The number of ketones is 1. The van der Waals surface area contributed by atoms with E-state index in [1.54, 1.807) is 0 Å². The lowest BCUT2D eigenvalue weighted by Gasteiger charge is -2.29. The van der Waals surface area contributed by atoms with E-state index in [1.165, 1.54) is 0 Å². The van der Waals surface area contributed by atoms with Crippen molar-refractivity contribution in [1.82, 2.24) is 4.90 Å². The van der Waals surface area contributed by atoms with Crippen LogP contribution in [0.25, 0.3) is 0 Å². The number of likely N-dealkylation sites (tertiary alicyclic amines) is 1. The molecule has 1 unspecified atom stereocenters. The molecule has 1 fully saturated rings. The molecule has 0 N–H and O–H groups in total. The minimum atomic E-state index is -4.91. The second-order valence-electron chi connectivity index (χ2n) is 3.96. The summed E-state index contributed by atoms with van der Waals surface area (Å²) in [6, 6.07) is -0.939. The van der Waals surface area contributed by atoms with Crippen LogP contribution in [-0.2, 0) is 9.59 Å². The summed E-state index contributed by atoms with van der Waals surface area (Å²) in [4.78, 5) is 23.5. The third kappa shape index (κ3) is 3.69. The molecule has 3 nitrogen and oxygen atoms in total. The largest absolute Gasteiger partial charge is 0.471 e. The summed E-state index contributed by atoms with van der Waals surface area (Å²) in [5, 5.41) is -0.0285. The Kier molecular flexibility index (Phi) is 4.97. The Labute approximate surface area is 105 Å². The van der Waals surface area contributed by atoms with Crippen molar-refractivity contribution in [2.24, 2.45) is 0 Å². The van der Waals surface area contributed by atoms with E-state index in [2.05, 4.69) is 15.9 Å². The highest BCUT2D eigenvalue weighted by Gasteiger charge is 2.45. The molecular formula is C10H13BrF3NO2. The van der Waals surface area contributed by atoms with Crippen LogP contribution in [0.2, 0.25) is 0 Å². The molecule has 1 heterocycles. The fourth-order valence-corrected chi connectivity index (χ4v) is 2.31. The highest BCUT2D eigenvalue weighted by Crippen LogP contribution is 2.25. The molecule has 1 amide bonds. The number of Topliss-reactive ketones (excluding diaryl/α,β-unsaturated/α-hetero) is 1. The van der Waals surface area contributed by atoms with Crippen LogP contribution >= 0.6 is 15.9 Å². The Morgan fingerprint density at radius 2 is 1.88 bits per heavy atom. The molecule has 0 spiro atoms. The summed E-state index contributed by atoms with van der Waals surface area (Å²) < 4.78 is 37.2. The number of halogens is 4. The topological polar surface area (TPSA) is 37.4 Å². The zero-order chi connectivity index (χ0) is 13.1. The van der Waals surface area contributed by atoms with E-state index in [0.29, 0.717) is 24.2 Å². The van der Waals surface area contributed by atoms with Crippen LogP contribution in [0.3, 0.4) is 0 Å². The molecule has 17 heavy (non-hydrogen) atoms. The first kappa shape index (κ1) is 14.5. The van der Waals surface area contributed by atoms with Gasteiger partial charge in [-0.3, -0.25) is 9.59 Å². The molecule has 1 saturated heterocycles. The Hall–Kier alpha value is -0.590. The van der Waals surface area contributed by atoms with Gasteiger partial charge in [-0.2, -0.15) is 13.2 Å². The molecule has 0 saturated carbocycles. The minimum Gasteiger partial charge on any atom is -0.325 e. The Morgan fingerprint density at radius 3 is 2.41 bits per heavy atom. The number of nitrogens with zero attached hydrogens (tertiary/aromatic N) is 1. The highest BCUT2D eigenvalue weighted by atomic mass is 79.9. The molecule has 1 atom stereocenters. The van der Waals surface area contributed by atoms with Crippen LogP contribution in [0.5, 0.6) is 0 Å². The summed E-state index contributed by atoms with van der Waals surface area (Å²) in [5.74, 6) is -2.27. The van der Waals surface area contributed by atoms with E-state index in [-0.39, 0.29) is 17.7 Å². The predicted molar refractivity (Wildman–Crippen MR) is 58.8 cm³/mol. The van der Waals surface area contributed by atoms with Gasteiger partial charge in [-0.1, -0.05) is 28.8 Å². The highest BCUT2D eigenvalue weighted by molar-refractivity contribution is 9.09. The van der Waals surface area contributed by atoms with Crippen LogP contribution < -0.4 is 0 Å². The number of carbonyl (C=O) groups is 2. The van der Waals surface area contributed by atoms with Crippen LogP contribution in [0.1, 0.15) is 25.7 Å². The molecule has 1 rings (SSSR count). The molecule has 98 valence electrons. The molecule has 0 aliphatic carbocycles. The summed E-state index contributed by atoms with van der Waals surface area (Å²) in [7, 11) is 0. The normalized spacial score (nSPS) is 22.1. The lowest BCUT2D eigenvalue weighted by molar-refractivity contribution is -0.188. The fourth-order valence-electron chi connectivity index (χ4n) is 1.94. The lowest BCUT2D eigenvalue weighted by Crippen LogP contribution is -2.50. The second-order valence-corrected chi connectivity index (χ2v) is 4.52. The Morgan fingerprint density at radius 1 is 1.24 bits per heavy atom. The van der Waals surface area contributed by atoms with Crippen molar-refractivity contribution in [3.05, 3.63) is 0 Å². The molecule has 0 aromatic carbocycles. The number of amides is 1. The average molecular weight is 316 g/mol. The zero-order valence-corrected chi connectivity index (χ0v) is 10.7. The van der Waals surface area contributed by atoms with E-state index in [0.717, 1.165) is 6.42 Å². The van der Waals surface area contributed by atoms with Crippen LogP contribution in [0.4, 0.5) is 13.2 Å². The second kappa shape index (κ2) is 5.84. The number of hydrogen-bond acceptors (Lipinski definition) is 2. The Balaban J connectivity index is 2.89. The maximum Gasteiger partial charge on any atom is 0.471 e. The van der Waals surface area contributed by atoms with Crippen molar-refractivity contribution in [3.63, 3.8) is 0 Å². The van der Waals surface area contributed by atoms with E-state index >= 15 is 0 Å². The smallest absolute Gasteiger partial charge is 0.325 e. The molecule has 0 aromatic heterocycles. The molecule has 0 aromatic rings. The predicted octanol–water partition coefficient (Wildman–Crippen LogP) is 2.28. The van der Waals surface area contributed by atoms with Gasteiger partial charge in [-0.25, -0.2) is 0 Å². The van der Waals surface area contributed by atoms with Crippen LogP contribution in [0, 0.1) is 0 Å². The van der Waals surface area contributed by atoms with Crippen LogP contribution in [0.15, 0.2) is 0 Å². The fraction of sp³-hybridized carbons (Fsp3) is 0.800. The summed E-state index contributed by atoms with van der Waals surface area (Å²) >= 11 is 2.93. The van der Waals surface area contributed by atoms with Gasteiger partial charge in [-0.05, 0) is 12.8 Å². The van der Waals surface area contributed by atoms with Gasteiger partial charge in [0.15, 0.2) is 5.78 Å². The maximum absolute atomic E-state index is 12.4. The first-order valence-corrected chi connectivity index (χ1v) is 6.46. The number of alkyl halides is 4. The van der Waals surface area contributed by atoms with Crippen molar-refractivity contribution < 1.29 is 22.8 Å². The molecule has 0 bridgehead atoms. The summed E-state index contributed by atoms with van der Waals surface area (Å²) in [6.45, 7) is 0.00174.